The number of anilines is 1. The maximum atomic E-state index is 13.7. The molecule has 3 aromatic rings. The number of carbonyl (C=O) groups excluding carboxylic acids is 2. The highest BCUT2D eigenvalue weighted by Crippen LogP contribution is 2.31. The van der Waals surface area contributed by atoms with Crippen LogP contribution in [-0.2, 0) is 30.3 Å². The number of azide groups is 1. The first kappa shape index (κ1) is 42.6. The van der Waals surface area contributed by atoms with Crippen LogP contribution in [0.5, 0.6) is 0 Å². The van der Waals surface area contributed by atoms with Crippen molar-refractivity contribution in [3.8, 4) is 0 Å². The van der Waals surface area contributed by atoms with Crippen LogP contribution >= 0.6 is 11.3 Å². The Balaban J connectivity index is 1.28. The molecule has 1 aliphatic heterocycles. The smallest absolute Gasteiger partial charge is 0.414 e. The lowest BCUT2D eigenvalue weighted by Gasteiger charge is -2.38. The van der Waals surface area contributed by atoms with Crippen LogP contribution in [0.3, 0.4) is 0 Å². The van der Waals surface area contributed by atoms with Crippen LogP contribution in [0.1, 0.15) is 58.4 Å². The molecule has 17 heteroatoms. The van der Waals surface area contributed by atoms with Gasteiger partial charge in [-0.05, 0) is 50.6 Å². The number of hydrogen-bond donors (Lipinski definition) is 2. The number of benzene rings is 1. The SMILES string of the molecule is C[C@H](CC(=O)N1CCC(O)(Cn2cnc3c(N(CCNCCOCCOCCOCCN=[N+]=[N-])C(=O)OC(C)(C)C)csc3c2=O)CC1)c1ccccc1. The van der Waals surface area contributed by atoms with Crippen molar-refractivity contribution in [2.75, 3.05) is 83.8 Å². The fourth-order valence-electron chi connectivity index (χ4n) is 5.95. The summed E-state index contributed by atoms with van der Waals surface area (Å²) in [5.41, 5.74) is 8.00. The minimum absolute atomic E-state index is 0.0485. The average molecular weight is 771 g/mol. The minimum Gasteiger partial charge on any atom is -0.443 e. The van der Waals surface area contributed by atoms with Gasteiger partial charge >= 0.3 is 6.09 Å². The number of aromatic nitrogens is 2. The van der Waals surface area contributed by atoms with Crippen LogP contribution < -0.4 is 15.8 Å². The zero-order chi connectivity index (χ0) is 39.0. The van der Waals surface area contributed by atoms with Crippen molar-refractivity contribution >= 4 is 39.2 Å². The van der Waals surface area contributed by atoms with Gasteiger partial charge in [-0.3, -0.25) is 19.1 Å². The Morgan fingerprint density at radius 1 is 1.07 bits per heavy atom. The van der Waals surface area contributed by atoms with E-state index in [0.717, 1.165) is 5.56 Å². The van der Waals surface area contributed by atoms with E-state index in [-0.39, 0.29) is 37.0 Å². The molecule has 2 aromatic heterocycles. The summed E-state index contributed by atoms with van der Waals surface area (Å²) in [5.74, 6) is 0.145. The van der Waals surface area contributed by atoms with E-state index >= 15 is 0 Å². The second kappa shape index (κ2) is 21.1. The fraction of sp³-hybridized carbons (Fsp3) is 0.622. The van der Waals surface area contributed by atoms with Gasteiger partial charge in [-0.2, -0.15) is 0 Å². The number of piperidine rings is 1. The number of rotatable bonds is 21. The van der Waals surface area contributed by atoms with Crippen LogP contribution in [0.15, 0.2) is 51.9 Å². The average Bonchev–Trinajstić information content (AvgIpc) is 3.57. The van der Waals surface area contributed by atoms with Crippen molar-refractivity contribution in [2.45, 2.75) is 70.6 Å². The molecular weight excluding hydrogens is 717 g/mol. The van der Waals surface area contributed by atoms with E-state index in [1.165, 1.54) is 27.1 Å². The molecule has 1 fully saturated rings. The zero-order valence-corrected chi connectivity index (χ0v) is 32.6. The predicted octanol–water partition coefficient (Wildman–Crippen LogP) is 4.70. The third-order valence-corrected chi connectivity index (χ3v) is 9.82. The molecule has 1 aliphatic rings. The molecular formula is C37H54N8O8S. The van der Waals surface area contributed by atoms with Crippen LogP contribution in [0, 0.1) is 0 Å². The molecule has 0 aliphatic carbocycles. The van der Waals surface area contributed by atoms with Gasteiger partial charge in [-0.15, -0.1) is 11.3 Å². The molecule has 0 unspecified atom stereocenters. The molecule has 0 bridgehead atoms. The molecule has 4 rings (SSSR count). The van der Waals surface area contributed by atoms with Gasteiger partial charge in [0.2, 0.25) is 5.91 Å². The molecule has 0 saturated carbocycles. The number of thiophene rings is 1. The predicted molar refractivity (Wildman–Crippen MR) is 207 cm³/mol. The van der Waals surface area contributed by atoms with Crippen LogP contribution in [0.25, 0.3) is 20.7 Å². The highest BCUT2D eigenvalue weighted by Gasteiger charge is 2.35. The third-order valence-electron chi connectivity index (χ3n) is 8.87. The number of fused-ring (bicyclic) bond motifs is 1. The van der Waals surface area contributed by atoms with Crippen LogP contribution in [0.2, 0.25) is 0 Å². The van der Waals surface area contributed by atoms with Crippen molar-refractivity contribution in [2.24, 2.45) is 5.11 Å². The van der Waals surface area contributed by atoms with E-state index in [2.05, 4.69) is 20.3 Å². The highest BCUT2D eigenvalue weighted by atomic mass is 32.1. The summed E-state index contributed by atoms with van der Waals surface area (Å²) < 4.78 is 23.8. The lowest BCUT2D eigenvalue weighted by atomic mass is 9.90. The van der Waals surface area contributed by atoms with E-state index in [1.807, 2.05) is 37.3 Å². The molecule has 16 nitrogen and oxygen atoms in total. The Morgan fingerprint density at radius 3 is 2.41 bits per heavy atom. The Bertz CT molecular complexity index is 1730. The number of likely N-dealkylation sites (tertiary alicyclic amines) is 1. The Hall–Kier alpha value is -4.09. The summed E-state index contributed by atoms with van der Waals surface area (Å²) in [6.45, 7) is 12.2. The lowest BCUT2D eigenvalue weighted by molar-refractivity contribution is -0.136. The molecule has 2 amide bonds. The summed E-state index contributed by atoms with van der Waals surface area (Å²) in [6, 6.07) is 9.95. The first-order valence-electron chi connectivity index (χ1n) is 18.4. The van der Waals surface area contributed by atoms with Crippen molar-refractivity contribution in [1.29, 1.82) is 0 Å². The van der Waals surface area contributed by atoms with E-state index in [0.29, 0.717) is 101 Å². The van der Waals surface area contributed by atoms with E-state index < -0.39 is 17.3 Å². The van der Waals surface area contributed by atoms with Gasteiger partial charge in [0.25, 0.3) is 5.56 Å². The first-order chi connectivity index (χ1) is 25.9. The Morgan fingerprint density at radius 2 is 1.74 bits per heavy atom. The van der Waals surface area contributed by atoms with E-state index in [9.17, 15) is 19.5 Å². The van der Waals surface area contributed by atoms with Gasteiger partial charge in [0.05, 0.1) is 63.8 Å². The lowest BCUT2D eigenvalue weighted by Crippen LogP contribution is -2.49. The summed E-state index contributed by atoms with van der Waals surface area (Å²) in [6.07, 6.45) is 1.94. The molecule has 0 spiro atoms. The monoisotopic (exact) mass is 770 g/mol. The molecule has 2 N–H and O–H groups in total. The normalized spacial score (nSPS) is 14.8. The first-order valence-corrected chi connectivity index (χ1v) is 19.3. The van der Waals surface area contributed by atoms with E-state index in [4.69, 9.17) is 24.5 Å². The molecule has 1 saturated heterocycles. The number of ether oxygens (including phenoxy) is 4. The maximum Gasteiger partial charge on any atom is 0.414 e. The number of nitrogens with zero attached hydrogens (tertiary/aromatic N) is 7. The van der Waals surface area contributed by atoms with E-state index in [1.54, 1.807) is 31.1 Å². The fourth-order valence-corrected chi connectivity index (χ4v) is 6.91. The second-order valence-electron chi connectivity index (χ2n) is 14.3. The van der Waals surface area contributed by atoms with Gasteiger partial charge < -0.3 is 34.3 Å². The molecule has 296 valence electrons. The molecule has 54 heavy (non-hydrogen) atoms. The van der Waals surface area contributed by atoms with Gasteiger partial charge in [0.15, 0.2) is 0 Å². The quantitative estimate of drug-likeness (QED) is 0.0664. The molecule has 1 aromatic carbocycles. The summed E-state index contributed by atoms with van der Waals surface area (Å²) in [5, 5.41) is 19.9. The standard InChI is InChI=1S/C37H54N8O8S/c1-28(29-8-6-5-7-9-29)24-31(46)43-15-10-37(49,11-16-43)26-44-27-40-32-30(25-54-33(32)34(44)47)45(35(48)53-36(2,3)4)17-12-39-13-18-50-20-22-52-23-21-51-19-14-41-42-38/h5-9,25,27-28,39,49H,10-24,26H2,1-4H3/t28-/m1/s1. The number of carbonyl (C=O) groups is 2. The largest absolute Gasteiger partial charge is 0.443 e. The summed E-state index contributed by atoms with van der Waals surface area (Å²) >= 11 is 1.19. The minimum atomic E-state index is -1.17. The molecule has 3 heterocycles. The molecule has 1 atom stereocenters. The van der Waals surface area contributed by atoms with Crippen molar-refractivity contribution in [3.05, 3.63) is 68.4 Å². The van der Waals surface area contributed by atoms with Crippen molar-refractivity contribution in [3.63, 3.8) is 0 Å². The summed E-state index contributed by atoms with van der Waals surface area (Å²) in [4.78, 5) is 50.7. The topological polar surface area (TPSA) is 193 Å². The van der Waals surface area contributed by atoms with Crippen molar-refractivity contribution < 1.29 is 33.6 Å². The van der Waals surface area contributed by atoms with Crippen LogP contribution in [-0.4, -0.2) is 122 Å². The Kier molecular flexibility index (Phi) is 16.7. The van der Waals surface area contributed by atoms with Gasteiger partial charge in [-0.25, -0.2) is 9.78 Å². The van der Waals surface area contributed by atoms with Gasteiger partial charge in [0, 0.05) is 56.0 Å². The maximum absolute atomic E-state index is 13.7. The number of nitrogens with one attached hydrogen (secondary N) is 1. The number of aliphatic hydroxyl groups is 1. The number of amides is 2. The zero-order valence-electron chi connectivity index (χ0n) is 31.8. The third kappa shape index (κ3) is 13.3. The highest BCUT2D eigenvalue weighted by molar-refractivity contribution is 7.17. The van der Waals surface area contributed by atoms with Crippen molar-refractivity contribution in [1.82, 2.24) is 19.8 Å². The van der Waals surface area contributed by atoms with Gasteiger partial charge in [0.1, 0.15) is 15.8 Å². The summed E-state index contributed by atoms with van der Waals surface area (Å²) in [7, 11) is 0. The molecule has 0 radical (unpaired) electrons. The van der Waals surface area contributed by atoms with Crippen LogP contribution in [0.4, 0.5) is 10.5 Å². The van der Waals surface area contributed by atoms with Gasteiger partial charge in [-0.1, -0.05) is 42.4 Å². The second-order valence-corrected chi connectivity index (χ2v) is 15.2. The Labute approximate surface area is 320 Å². The number of hydrogen-bond acceptors (Lipinski definition) is 12.